The molecule has 0 aliphatic heterocycles. The van der Waals surface area contributed by atoms with Gasteiger partial charge in [0.15, 0.2) is 0 Å². The normalized spacial score (nSPS) is 49.3. The zero-order valence-corrected chi connectivity index (χ0v) is 18.6. The van der Waals surface area contributed by atoms with Gasteiger partial charge in [0.1, 0.15) is 5.60 Å². The number of hydrogen-bond donors (Lipinski definition) is 3. The van der Waals surface area contributed by atoms with Crippen LogP contribution in [-0.4, -0.2) is 56.2 Å². The molecule has 1 unspecified atom stereocenters. The van der Waals surface area contributed by atoms with Crippen molar-refractivity contribution in [1.29, 1.82) is 0 Å². The van der Waals surface area contributed by atoms with Gasteiger partial charge in [-0.2, -0.15) is 0 Å². The molecule has 3 fully saturated rings. The molecule has 0 aromatic heterocycles. The van der Waals surface area contributed by atoms with Crippen molar-refractivity contribution in [3.8, 4) is 5.92 Å². The van der Waals surface area contributed by atoms with E-state index in [0.717, 1.165) is 38.5 Å². The van der Waals surface area contributed by atoms with Gasteiger partial charge in [-0.05, 0) is 74.0 Å². The van der Waals surface area contributed by atoms with Crippen molar-refractivity contribution >= 4 is 23.1 Å². The summed E-state index contributed by atoms with van der Waals surface area (Å²) in [4.78, 5) is 0. The molecule has 0 spiro atoms. The molecule has 4 rings (SSSR count). The average molecular weight is 434 g/mol. The molecule has 5 heteroatoms. The number of aliphatic hydroxyl groups excluding tert-OH is 2. The number of allylic oxidation sites excluding steroid dienone is 1. The Morgan fingerprint density at radius 2 is 1.88 bits per heavy atom. The van der Waals surface area contributed by atoms with E-state index < -0.39 is 11.7 Å². The third-order valence-electron chi connectivity index (χ3n) is 8.10. The van der Waals surface area contributed by atoms with Crippen molar-refractivity contribution in [2.45, 2.75) is 76.1 Å². The molecule has 0 heterocycles. The van der Waals surface area contributed by atoms with E-state index in [4.69, 9.17) is 6.42 Å². The van der Waals surface area contributed by atoms with Crippen LogP contribution in [0.2, 0.25) is 0 Å². The third kappa shape index (κ3) is 3.23. The van der Waals surface area contributed by atoms with Crippen LogP contribution in [0, 0.1) is 41.4 Å². The number of halogens is 1. The first-order valence-corrected chi connectivity index (χ1v) is 9.57. The predicted molar refractivity (Wildman–Crippen MR) is 96.9 cm³/mol. The van der Waals surface area contributed by atoms with Crippen molar-refractivity contribution in [2.75, 3.05) is 0 Å². The van der Waals surface area contributed by atoms with Crippen LogP contribution in [0.25, 0.3) is 0 Å². The summed E-state index contributed by atoms with van der Waals surface area (Å²) in [6.07, 6.45) is 15.4. The molecule has 3 N–H and O–H groups in total. The Bertz CT molecular complexity index is 603. The number of hydrogen-bond acceptors (Lipinski definition) is 3. The predicted octanol–water partition coefficient (Wildman–Crippen LogP) is -0.775. The van der Waals surface area contributed by atoms with E-state index in [-0.39, 0.29) is 63.9 Å². The Morgan fingerprint density at radius 3 is 2.58 bits per heavy atom. The summed E-state index contributed by atoms with van der Waals surface area (Å²) in [5, 5.41) is 31.5. The largest absolute Gasteiger partial charge is 2.00 e. The van der Waals surface area contributed by atoms with Crippen LogP contribution in [0.4, 0.5) is 0 Å². The minimum atomic E-state index is -1.15. The quantitative estimate of drug-likeness (QED) is 0.220. The van der Waals surface area contributed by atoms with Gasteiger partial charge in [-0.25, -0.2) is 0 Å². The summed E-state index contributed by atoms with van der Waals surface area (Å²) in [6, 6.07) is 0. The van der Waals surface area contributed by atoms with E-state index in [1.165, 1.54) is 5.57 Å². The molecule has 0 radical (unpaired) electrons. The molecule has 0 amide bonds. The van der Waals surface area contributed by atoms with Crippen LogP contribution >= 0.6 is 0 Å². The Balaban J connectivity index is 0.00000121. The molecule has 0 aromatic carbocycles. The molecule has 0 aromatic rings. The maximum Gasteiger partial charge on any atom is 2.00 e. The second kappa shape index (κ2) is 8.04. The molecule has 0 bridgehead atoms. The second-order valence-corrected chi connectivity index (χ2v) is 8.99. The standard InChI is InChI=1S/C21H29O3.BrH.Mg/c1-3-9-21(24)18-7-6-17-15(16(18)12-19(21)23)5-4-13-11-14(22)8-10-20(13,17)2;;/h4,14-19,22-24H,5-12H2,2H3;1H;/q-1;;+2/p-1/t14-,15-,16-,17-,18?,19-,20-,21+;;/m0../s1. The van der Waals surface area contributed by atoms with E-state index in [1.807, 2.05) is 0 Å². The second-order valence-electron chi connectivity index (χ2n) is 8.99. The van der Waals surface area contributed by atoms with E-state index in [9.17, 15) is 15.3 Å². The Labute approximate surface area is 183 Å². The van der Waals surface area contributed by atoms with Crippen LogP contribution in [0.3, 0.4) is 0 Å². The van der Waals surface area contributed by atoms with Crippen molar-refractivity contribution in [1.82, 2.24) is 0 Å². The van der Waals surface area contributed by atoms with Gasteiger partial charge in [0.05, 0.1) is 12.2 Å². The van der Waals surface area contributed by atoms with E-state index in [2.05, 4.69) is 18.9 Å². The van der Waals surface area contributed by atoms with Gasteiger partial charge in [0.25, 0.3) is 0 Å². The smallest absolute Gasteiger partial charge is 1.00 e. The van der Waals surface area contributed by atoms with Gasteiger partial charge in [0, 0.05) is 6.42 Å². The summed E-state index contributed by atoms with van der Waals surface area (Å²) < 4.78 is 0. The van der Waals surface area contributed by atoms with Crippen molar-refractivity contribution in [3.05, 3.63) is 18.1 Å². The van der Waals surface area contributed by atoms with Gasteiger partial charge in [-0.15, -0.1) is 0 Å². The molecule has 4 aliphatic rings. The summed E-state index contributed by atoms with van der Waals surface area (Å²) >= 11 is 0. The summed E-state index contributed by atoms with van der Waals surface area (Å²) in [5.74, 6) is 3.90. The van der Waals surface area contributed by atoms with Gasteiger partial charge in [0.2, 0.25) is 0 Å². The Morgan fingerprint density at radius 1 is 1.19 bits per heavy atom. The summed E-state index contributed by atoms with van der Waals surface area (Å²) in [5.41, 5.74) is 0.486. The van der Waals surface area contributed by atoms with Gasteiger partial charge in [-0.3, -0.25) is 0 Å². The molecule has 8 atom stereocenters. The van der Waals surface area contributed by atoms with Gasteiger partial charge < -0.3 is 44.6 Å². The fourth-order valence-corrected chi connectivity index (χ4v) is 6.81. The van der Waals surface area contributed by atoms with Crippen molar-refractivity contribution < 1.29 is 32.3 Å². The Kier molecular flexibility index (Phi) is 7.03. The molecular weight excluding hydrogens is 404 g/mol. The van der Waals surface area contributed by atoms with E-state index in [0.29, 0.717) is 24.2 Å². The molecule has 140 valence electrons. The fraction of sp³-hybridized carbons (Fsp3) is 0.810. The van der Waals surface area contributed by atoms with Crippen LogP contribution in [-0.2, 0) is 0 Å². The maximum absolute atomic E-state index is 11.0. The molecule has 4 aliphatic carbocycles. The first kappa shape index (κ1) is 22.7. The molecule has 26 heavy (non-hydrogen) atoms. The van der Waals surface area contributed by atoms with Crippen LogP contribution < -0.4 is 17.0 Å². The monoisotopic (exact) mass is 432 g/mol. The minimum absolute atomic E-state index is 0. The number of aliphatic hydroxyl groups is 3. The van der Waals surface area contributed by atoms with Crippen LogP contribution in [0.15, 0.2) is 11.6 Å². The van der Waals surface area contributed by atoms with E-state index >= 15 is 0 Å². The van der Waals surface area contributed by atoms with Gasteiger partial charge in [-0.1, -0.05) is 18.6 Å². The first-order valence-electron chi connectivity index (χ1n) is 9.57. The fourth-order valence-electron chi connectivity index (χ4n) is 6.81. The van der Waals surface area contributed by atoms with Crippen molar-refractivity contribution in [2.24, 2.45) is 29.1 Å². The first-order chi connectivity index (χ1) is 11.4. The summed E-state index contributed by atoms with van der Waals surface area (Å²) in [6.45, 7) is 2.38. The van der Waals surface area contributed by atoms with Crippen LogP contribution in [0.5, 0.6) is 0 Å². The summed E-state index contributed by atoms with van der Waals surface area (Å²) in [7, 11) is 0. The molecular formula is C21H29BrMgO3. The van der Waals surface area contributed by atoms with Crippen molar-refractivity contribution in [3.63, 3.8) is 0 Å². The molecule has 3 saturated carbocycles. The van der Waals surface area contributed by atoms with E-state index in [1.54, 1.807) is 0 Å². The average Bonchev–Trinajstić information content (AvgIpc) is 2.80. The van der Waals surface area contributed by atoms with Crippen LogP contribution in [0.1, 0.15) is 58.3 Å². The zero-order chi connectivity index (χ0) is 17.1. The minimum Gasteiger partial charge on any atom is -1.00 e. The Hall–Kier alpha value is 0.426. The molecule has 3 nitrogen and oxygen atoms in total. The topological polar surface area (TPSA) is 60.7 Å². The van der Waals surface area contributed by atoms with Gasteiger partial charge >= 0.3 is 23.1 Å². The zero-order valence-electron chi connectivity index (χ0n) is 15.6. The SMILES string of the molecule is [Br-].[C-]#CC[C@@]1(O)C2CC[C@H]3[C@@H](CC=C4C[C@@H](O)CC[C@@]43C)[C@@H]2C[C@@H]1O.[Mg+2]. The maximum atomic E-state index is 11.0. The molecule has 0 saturated heterocycles. The third-order valence-corrected chi connectivity index (χ3v) is 8.10. The number of fused-ring (bicyclic) bond motifs is 5. The number of rotatable bonds is 1.